The summed E-state index contributed by atoms with van der Waals surface area (Å²) in [6.45, 7) is 0.733. The molecular formula is C9H24N2O3Si. The van der Waals surface area contributed by atoms with Crippen LogP contribution >= 0.6 is 0 Å². The number of hydrogen-bond acceptors (Lipinski definition) is 5. The Morgan fingerprint density at radius 2 is 1.53 bits per heavy atom. The van der Waals surface area contributed by atoms with Gasteiger partial charge in [-0.05, 0) is 19.4 Å². The van der Waals surface area contributed by atoms with E-state index in [0.29, 0.717) is 0 Å². The van der Waals surface area contributed by atoms with Crippen molar-refractivity contribution in [2.24, 2.45) is 11.5 Å². The van der Waals surface area contributed by atoms with E-state index >= 15 is 0 Å². The molecular weight excluding hydrogens is 212 g/mol. The Kier molecular flexibility index (Phi) is 8.21. The smallest absolute Gasteiger partial charge is 0.376 e. The Morgan fingerprint density at radius 1 is 1.00 bits per heavy atom. The molecule has 0 fully saturated rings. The minimum Gasteiger partial charge on any atom is -0.376 e. The first-order valence-electron chi connectivity index (χ1n) is 5.28. The molecule has 0 aliphatic heterocycles. The normalized spacial score (nSPS) is 14.2. The molecule has 0 aliphatic carbocycles. The highest BCUT2D eigenvalue weighted by Crippen LogP contribution is 2.15. The first-order valence-corrected chi connectivity index (χ1v) is 7.08. The minimum absolute atomic E-state index is 0.157. The summed E-state index contributed by atoms with van der Waals surface area (Å²) in [5.74, 6) is 0. The van der Waals surface area contributed by atoms with E-state index in [1.54, 1.807) is 21.3 Å². The molecule has 0 bridgehead atoms. The molecule has 6 heteroatoms. The SMILES string of the molecule is CO[Si](OC)(OC)C(N)CCCCCN. The Bertz CT molecular complexity index is 148. The van der Waals surface area contributed by atoms with Crippen LogP contribution in [0.3, 0.4) is 0 Å². The summed E-state index contributed by atoms with van der Waals surface area (Å²) >= 11 is 0. The summed E-state index contributed by atoms with van der Waals surface area (Å²) in [5.41, 5.74) is 11.3. The molecule has 0 aromatic heterocycles. The monoisotopic (exact) mass is 236 g/mol. The lowest BCUT2D eigenvalue weighted by Gasteiger charge is -2.29. The molecule has 0 saturated heterocycles. The summed E-state index contributed by atoms with van der Waals surface area (Å²) in [7, 11) is 2.11. The van der Waals surface area contributed by atoms with Crippen molar-refractivity contribution in [3.63, 3.8) is 0 Å². The minimum atomic E-state index is -2.63. The van der Waals surface area contributed by atoms with E-state index in [9.17, 15) is 0 Å². The topological polar surface area (TPSA) is 79.7 Å². The fourth-order valence-electron chi connectivity index (χ4n) is 1.57. The van der Waals surface area contributed by atoms with Crippen LogP contribution in [0.5, 0.6) is 0 Å². The highest BCUT2D eigenvalue weighted by atomic mass is 28.4. The van der Waals surface area contributed by atoms with E-state index in [-0.39, 0.29) is 5.67 Å². The third kappa shape index (κ3) is 4.58. The number of hydrogen-bond donors (Lipinski definition) is 2. The van der Waals surface area contributed by atoms with Gasteiger partial charge in [-0.25, -0.2) is 0 Å². The molecule has 1 unspecified atom stereocenters. The molecule has 4 N–H and O–H groups in total. The summed E-state index contributed by atoms with van der Waals surface area (Å²) in [6, 6.07) is 0. The van der Waals surface area contributed by atoms with Gasteiger partial charge in [0.05, 0.1) is 5.67 Å². The zero-order valence-electron chi connectivity index (χ0n) is 9.99. The fraction of sp³-hybridized carbons (Fsp3) is 1.00. The molecule has 0 saturated carbocycles. The predicted octanol–water partition coefficient (Wildman–Crippen LogP) is 0.250. The quantitative estimate of drug-likeness (QED) is 0.443. The van der Waals surface area contributed by atoms with E-state index in [4.69, 9.17) is 24.7 Å². The molecule has 92 valence electrons. The maximum absolute atomic E-state index is 6.02. The molecule has 5 nitrogen and oxygen atoms in total. The van der Waals surface area contributed by atoms with Crippen molar-refractivity contribution in [2.45, 2.75) is 31.3 Å². The third-order valence-corrected chi connectivity index (χ3v) is 5.43. The highest BCUT2D eigenvalue weighted by molar-refractivity contribution is 6.62. The van der Waals surface area contributed by atoms with Crippen LogP contribution < -0.4 is 11.5 Å². The fourth-order valence-corrected chi connectivity index (χ4v) is 3.53. The van der Waals surface area contributed by atoms with Gasteiger partial charge in [0.25, 0.3) is 0 Å². The lowest BCUT2D eigenvalue weighted by molar-refractivity contribution is 0.111. The molecule has 0 spiro atoms. The molecule has 0 amide bonds. The van der Waals surface area contributed by atoms with Crippen molar-refractivity contribution in [3.05, 3.63) is 0 Å². The summed E-state index contributed by atoms with van der Waals surface area (Å²) < 4.78 is 15.9. The van der Waals surface area contributed by atoms with Gasteiger partial charge in [-0.15, -0.1) is 0 Å². The first kappa shape index (κ1) is 15.0. The van der Waals surface area contributed by atoms with Crippen molar-refractivity contribution >= 4 is 8.80 Å². The molecule has 15 heavy (non-hydrogen) atoms. The highest BCUT2D eigenvalue weighted by Gasteiger charge is 2.44. The van der Waals surface area contributed by atoms with Crippen LogP contribution in [-0.4, -0.2) is 42.3 Å². The maximum atomic E-state index is 6.02. The van der Waals surface area contributed by atoms with Crippen LogP contribution in [0.2, 0.25) is 0 Å². The lowest BCUT2D eigenvalue weighted by atomic mass is 10.2. The van der Waals surface area contributed by atoms with Crippen molar-refractivity contribution in [1.82, 2.24) is 0 Å². The number of unbranched alkanes of at least 4 members (excludes halogenated alkanes) is 2. The Labute approximate surface area is 93.4 Å². The van der Waals surface area contributed by atoms with Gasteiger partial charge in [0.2, 0.25) is 0 Å². The second-order valence-electron chi connectivity index (χ2n) is 3.46. The van der Waals surface area contributed by atoms with Crippen molar-refractivity contribution in [1.29, 1.82) is 0 Å². The van der Waals surface area contributed by atoms with Crippen LogP contribution in [0.15, 0.2) is 0 Å². The third-order valence-electron chi connectivity index (χ3n) is 2.53. The molecule has 0 heterocycles. The van der Waals surface area contributed by atoms with Crippen LogP contribution in [0.25, 0.3) is 0 Å². The van der Waals surface area contributed by atoms with Crippen LogP contribution in [0.4, 0.5) is 0 Å². The van der Waals surface area contributed by atoms with Gasteiger partial charge < -0.3 is 24.7 Å². The van der Waals surface area contributed by atoms with Crippen molar-refractivity contribution in [2.75, 3.05) is 27.9 Å². The van der Waals surface area contributed by atoms with Gasteiger partial charge in [-0.3, -0.25) is 0 Å². The van der Waals surface area contributed by atoms with Crippen LogP contribution in [-0.2, 0) is 13.3 Å². The Morgan fingerprint density at radius 3 is 1.93 bits per heavy atom. The average Bonchev–Trinajstić information content (AvgIpc) is 2.28. The zero-order valence-corrected chi connectivity index (χ0v) is 11.0. The largest absolute Gasteiger partial charge is 0.517 e. The van der Waals surface area contributed by atoms with Gasteiger partial charge in [-0.1, -0.05) is 12.8 Å². The van der Waals surface area contributed by atoms with Crippen LogP contribution in [0.1, 0.15) is 25.7 Å². The van der Waals surface area contributed by atoms with Crippen LogP contribution in [0, 0.1) is 0 Å². The molecule has 0 aromatic rings. The number of nitrogens with two attached hydrogens (primary N) is 2. The summed E-state index contributed by atoms with van der Waals surface area (Å²) in [5, 5.41) is 0. The van der Waals surface area contributed by atoms with E-state index in [2.05, 4.69) is 0 Å². The maximum Gasteiger partial charge on any atom is 0.517 e. The molecule has 0 aromatic carbocycles. The van der Waals surface area contributed by atoms with E-state index in [1.165, 1.54) is 0 Å². The summed E-state index contributed by atoms with van der Waals surface area (Å²) in [6.07, 6.45) is 4.00. The van der Waals surface area contributed by atoms with Gasteiger partial charge in [0.15, 0.2) is 0 Å². The van der Waals surface area contributed by atoms with E-state index in [1.807, 2.05) is 0 Å². The predicted molar refractivity (Wildman–Crippen MR) is 62.3 cm³/mol. The van der Waals surface area contributed by atoms with Gasteiger partial charge in [0, 0.05) is 21.3 Å². The summed E-state index contributed by atoms with van der Waals surface area (Å²) in [4.78, 5) is 0. The van der Waals surface area contributed by atoms with Gasteiger partial charge in [0.1, 0.15) is 0 Å². The van der Waals surface area contributed by atoms with E-state index in [0.717, 1.165) is 32.2 Å². The molecule has 0 radical (unpaired) electrons. The Hall–Kier alpha value is 0.0169. The van der Waals surface area contributed by atoms with Crippen molar-refractivity contribution < 1.29 is 13.3 Å². The molecule has 0 rings (SSSR count). The molecule has 1 atom stereocenters. The standard InChI is InChI=1S/C9H24N2O3Si/c1-12-15(13-2,14-3)9(11)7-5-4-6-8-10/h9H,4-8,10-11H2,1-3H3. The zero-order chi connectivity index (χ0) is 11.7. The Balaban J connectivity index is 3.97. The van der Waals surface area contributed by atoms with Gasteiger partial charge >= 0.3 is 8.80 Å². The second kappa shape index (κ2) is 8.20. The second-order valence-corrected chi connectivity index (χ2v) is 6.63. The average molecular weight is 236 g/mol. The lowest BCUT2D eigenvalue weighted by Crippen LogP contribution is -2.58. The number of rotatable bonds is 9. The van der Waals surface area contributed by atoms with E-state index < -0.39 is 8.80 Å². The van der Waals surface area contributed by atoms with Gasteiger partial charge in [-0.2, -0.15) is 0 Å². The van der Waals surface area contributed by atoms with Crippen molar-refractivity contribution in [3.8, 4) is 0 Å². The molecule has 0 aliphatic rings. The first-order chi connectivity index (χ1) is 7.16.